The zero-order chi connectivity index (χ0) is 28.5. The Bertz CT molecular complexity index is 1120. The van der Waals surface area contributed by atoms with Gasteiger partial charge in [0.25, 0.3) is 5.91 Å². The molecule has 4 fully saturated rings. The molecule has 12 heteroatoms. The molecule has 5 rings (SSSR count). The van der Waals surface area contributed by atoms with E-state index in [9.17, 15) is 18.4 Å². The van der Waals surface area contributed by atoms with Crippen molar-refractivity contribution in [3.8, 4) is 0 Å². The van der Waals surface area contributed by atoms with Crippen molar-refractivity contribution in [3.05, 3.63) is 11.8 Å². The molecule has 1 aromatic heterocycles. The van der Waals surface area contributed by atoms with E-state index in [0.29, 0.717) is 24.4 Å². The zero-order valence-corrected chi connectivity index (χ0v) is 23.5. The summed E-state index contributed by atoms with van der Waals surface area (Å²) in [5.74, 6) is 0.437. The van der Waals surface area contributed by atoms with Crippen molar-refractivity contribution in [1.82, 2.24) is 20.2 Å². The number of aliphatic imine (C=N–C) groups is 1. The molecule has 0 radical (unpaired) electrons. The molecule has 1 saturated heterocycles. The van der Waals surface area contributed by atoms with Crippen LogP contribution in [0.1, 0.15) is 82.5 Å². The highest BCUT2D eigenvalue weighted by Crippen LogP contribution is 2.57. The van der Waals surface area contributed by atoms with Gasteiger partial charge in [-0.3, -0.25) is 4.79 Å². The second-order valence-corrected chi connectivity index (χ2v) is 12.4. The molecule has 2 amide bonds. The van der Waals surface area contributed by atoms with Gasteiger partial charge in [-0.2, -0.15) is 13.8 Å². The monoisotopic (exact) mass is 562 g/mol. The first kappa shape index (κ1) is 28.6. The van der Waals surface area contributed by atoms with Crippen molar-refractivity contribution in [2.45, 2.75) is 96.9 Å². The zero-order valence-electron chi connectivity index (χ0n) is 23.5. The summed E-state index contributed by atoms with van der Waals surface area (Å²) in [6.07, 6.45) is 11.6. The summed E-state index contributed by atoms with van der Waals surface area (Å²) in [4.78, 5) is 40.8. The van der Waals surface area contributed by atoms with E-state index < -0.39 is 12.7 Å². The number of amides is 2. The number of aromatic nitrogens is 2. The molecule has 10 nitrogen and oxygen atoms in total. The highest BCUT2D eigenvalue weighted by atomic mass is 19.3. The first-order valence-corrected chi connectivity index (χ1v) is 14.4. The third-order valence-electron chi connectivity index (χ3n) is 8.79. The molecule has 4 aliphatic rings. The van der Waals surface area contributed by atoms with Crippen molar-refractivity contribution in [2.24, 2.45) is 21.7 Å². The molecule has 2 spiro atoms. The first-order valence-electron chi connectivity index (χ1n) is 14.4. The maximum atomic E-state index is 13.4. The van der Waals surface area contributed by atoms with Crippen molar-refractivity contribution in [1.29, 1.82) is 0 Å². The van der Waals surface area contributed by atoms with Crippen molar-refractivity contribution in [2.75, 3.05) is 25.0 Å². The number of carbonyl (C=O) groups excluding carboxylic acids is 2. The molecule has 3 atom stereocenters. The molecule has 0 bridgehead atoms. The SMILES string of the molecule is CC(C)OC(=O)N1CC[C@@]2(CC2NC(=O)c2cnc(N[C@@H](C)COC(F)F)nc2N=CC2CCC3(CC2)CC3)C1. The van der Waals surface area contributed by atoms with Crippen molar-refractivity contribution < 1.29 is 27.8 Å². The molecule has 0 aromatic carbocycles. The molecule has 220 valence electrons. The Morgan fingerprint density at radius 2 is 1.95 bits per heavy atom. The second kappa shape index (κ2) is 11.5. The van der Waals surface area contributed by atoms with Gasteiger partial charge in [0.1, 0.15) is 5.56 Å². The lowest BCUT2D eigenvalue weighted by Crippen LogP contribution is -2.34. The topological polar surface area (TPSA) is 118 Å². The fourth-order valence-electron chi connectivity index (χ4n) is 6.00. The minimum atomic E-state index is -2.86. The second-order valence-electron chi connectivity index (χ2n) is 12.4. The summed E-state index contributed by atoms with van der Waals surface area (Å²) in [6, 6.07) is -0.538. The molecule has 1 unspecified atom stereocenters. The van der Waals surface area contributed by atoms with E-state index in [1.807, 2.05) is 20.1 Å². The van der Waals surface area contributed by atoms with E-state index in [1.165, 1.54) is 31.9 Å². The molecule has 3 saturated carbocycles. The smallest absolute Gasteiger partial charge is 0.410 e. The normalized spacial score (nSPS) is 26.2. The lowest BCUT2D eigenvalue weighted by Gasteiger charge is -2.25. The van der Waals surface area contributed by atoms with Crippen LogP contribution in [0.25, 0.3) is 0 Å². The Morgan fingerprint density at radius 1 is 1.20 bits per heavy atom. The van der Waals surface area contributed by atoms with E-state index in [1.54, 1.807) is 11.8 Å². The van der Waals surface area contributed by atoms with Crippen LogP contribution in [0.4, 0.5) is 25.3 Å². The van der Waals surface area contributed by atoms with Gasteiger partial charge in [0, 0.05) is 43.0 Å². The van der Waals surface area contributed by atoms with Crippen LogP contribution in [0.3, 0.4) is 0 Å². The van der Waals surface area contributed by atoms with E-state index in [2.05, 4.69) is 30.3 Å². The van der Waals surface area contributed by atoms with Gasteiger partial charge in [0.15, 0.2) is 5.82 Å². The quantitative estimate of drug-likeness (QED) is 0.388. The lowest BCUT2D eigenvalue weighted by atomic mass is 9.80. The van der Waals surface area contributed by atoms with Gasteiger partial charge < -0.3 is 25.0 Å². The molecule has 40 heavy (non-hydrogen) atoms. The minimum Gasteiger partial charge on any atom is -0.447 e. The predicted molar refractivity (Wildman–Crippen MR) is 145 cm³/mol. The highest BCUT2D eigenvalue weighted by molar-refractivity contribution is 5.99. The van der Waals surface area contributed by atoms with Crippen LogP contribution in [-0.2, 0) is 9.47 Å². The fourth-order valence-corrected chi connectivity index (χ4v) is 6.00. The number of alkyl halides is 2. The fraction of sp³-hybridized carbons (Fsp3) is 0.750. The Kier molecular flexibility index (Phi) is 8.26. The predicted octanol–water partition coefficient (Wildman–Crippen LogP) is 4.93. The highest BCUT2D eigenvalue weighted by Gasteiger charge is 2.59. The number of ether oxygens (including phenoxy) is 2. The van der Waals surface area contributed by atoms with Crippen LogP contribution in [0, 0.1) is 16.7 Å². The van der Waals surface area contributed by atoms with Gasteiger partial charge in [-0.05, 0) is 83.5 Å². The number of nitrogens with one attached hydrogen (secondary N) is 2. The van der Waals surface area contributed by atoms with Gasteiger partial charge in [-0.25, -0.2) is 14.8 Å². The standard InChI is InChI=1S/C28H40F2N6O4/c1-17(2)40-26(38)36-11-10-28(16-36)12-21(28)34-23(37)20-14-32-25(33-18(3)15-39-24(29)30)35-22(20)31-13-19-4-6-27(7-5-19)8-9-27/h13-14,17-19,21,24H,4-12,15-16H2,1-3H3,(H,34,37)(H,32,33,35)/t18-,21?,28+/m0/s1. The number of rotatable bonds is 10. The van der Waals surface area contributed by atoms with Gasteiger partial charge in [0.2, 0.25) is 5.95 Å². The third-order valence-corrected chi connectivity index (χ3v) is 8.79. The average molecular weight is 563 g/mol. The maximum Gasteiger partial charge on any atom is 0.410 e. The number of likely N-dealkylation sites (tertiary alicyclic amines) is 1. The minimum absolute atomic E-state index is 0.0638. The molecular weight excluding hydrogens is 522 g/mol. The third kappa shape index (κ3) is 6.87. The number of hydrogen-bond acceptors (Lipinski definition) is 8. The summed E-state index contributed by atoms with van der Waals surface area (Å²) in [7, 11) is 0. The van der Waals surface area contributed by atoms with E-state index >= 15 is 0 Å². The Hall–Kier alpha value is -2.89. The van der Waals surface area contributed by atoms with Gasteiger partial charge in [-0.15, -0.1) is 0 Å². The summed E-state index contributed by atoms with van der Waals surface area (Å²) in [6.45, 7) is 3.39. The first-order chi connectivity index (χ1) is 19.1. The van der Waals surface area contributed by atoms with E-state index in [0.717, 1.165) is 25.7 Å². The van der Waals surface area contributed by atoms with Crippen molar-refractivity contribution >= 4 is 30.0 Å². The Balaban J connectivity index is 1.25. The summed E-state index contributed by atoms with van der Waals surface area (Å²) in [5.41, 5.74) is 0.682. The van der Waals surface area contributed by atoms with Crippen LogP contribution in [0.2, 0.25) is 0 Å². The Labute approximate surface area is 233 Å². The summed E-state index contributed by atoms with van der Waals surface area (Å²) >= 11 is 0. The Morgan fingerprint density at radius 3 is 2.62 bits per heavy atom. The number of halogens is 2. The van der Waals surface area contributed by atoms with Crippen LogP contribution >= 0.6 is 0 Å². The van der Waals surface area contributed by atoms with Gasteiger partial charge >= 0.3 is 12.7 Å². The largest absolute Gasteiger partial charge is 0.447 e. The van der Waals surface area contributed by atoms with E-state index in [-0.39, 0.29) is 53.5 Å². The lowest BCUT2D eigenvalue weighted by molar-refractivity contribution is -0.130. The van der Waals surface area contributed by atoms with Gasteiger partial charge in [-0.1, -0.05) is 0 Å². The maximum absolute atomic E-state index is 13.4. The molecule has 2 heterocycles. The molecule has 1 aromatic rings. The van der Waals surface area contributed by atoms with Gasteiger partial charge in [0.05, 0.1) is 12.7 Å². The molecular formula is C28H40F2N6O4. The number of anilines is 1. The number of carbonyl (C=O) groups is 2. The van der Waals surface area contributed by atoms with Crippen LogP contribution in [-0.4, -0.2) is 77.6 Å². The molecule has 2 N–H and O–H groups in total. The average Bonchev–Trinajstić information content (AvgIpc) is 3.76. The molecule has 1 aliphatic heterocycles. The summed E-state index contributed by atoms with van der Waals surface area (Å²) in [5, 5.41) is 6.05. The van der Waals surface area contributed by atoms with Crippen molar-refractivity contribution in [3.63, 3.8) is 0 Å². The number of nitrogens with zero attached hydrogens (tertiary/aromatic N) is 4. The number of hydrogen-bond donors (Lipinski definition) is 2. The van der Waals surface area contributed by atoms with Crippen LogP contribution in [0.5, 0.6) is 0 Å². The summed E-state index contributed by atoms with van der Waals surface area (Å²) < 4.78 is 34.6. The van der Waals surface area contributed by atoms with E-state index in [4.69, 9.17) is 4.74 Å². The molecule has 3 aliphatic carbocycles. The van der Waals surface area contributed by atoms with Crippen LogP contribution in [0.15, 0.2) is 11.2 Å². The van der Waals surface area contributed by atoms with Crippen LogP contribution < -0.4 is 10.6 Å².